The van der Waals surface area contributed by atoms with Gasteiger partial charge in [0.15, 0.2) is 5.58 Å². The molecule has 0 saturated carbocycles. The Labute approximate surface area is 217 Å². The van der Waals surface area contributed by atoms with Crippen molar-refractivity contribution in [3.8, 4) is 0 Å². The number of hydrogen-bond donors (Lipinski definition) is 3. The molecule has 2 aliphatic heterocycles. The molecule has 7 atom stereocenters. The predicted octanol–water partition coefficient (Wildman–Crippen LogP) is 3.58. The predicted molar refractivity (Wildman–Crippen MR) is 136 cm³/mol. The molecule has 0 aliphatic carbocycles. The Balaban J connectivity index is 1.62. The van der Waals surface area contributed by atoms with Crippen LogP contribution in [0.1, 0.15) is 84.3 Å². The van der Waals surface area contributed by atoms with Crippen molar-refractivity contribution in [2.45, 2.75) is 103 Å². The number of oxazole rings is 1. The standard InChI is InChI=1S/C28H40N2O7/c1-15-7-6-10-28(5)22(37-28)12-20(17-8-9-19-18(11-17)30-23(14-29)35-19)36-24(32)13-21(31)27(3,4)26(34)16(2)25(15)33/h8-9,11,15-16,20-22,25,31,33H,6-7,10,12-14,29H2,1-5H3/t15-,16?,20-,21-,22-,25-,28+/m0/s1. The van der Waals surface area contributed by atoms with Gasteiger partial charge in [0.25, 0.3) is 0 Å². The lowest BCUT2D eigenvalue weighted by molar-refractivity contribution is -0.156. The van der Waals surface area contributed by atoms with Crippen molar-refractivity contribution in [2.24, 2.45) is 23.0 Å². The maximum Gasteiger partial charge on any atom is 0.309 e. The number of carbonyl (C=O) groups excluding carboxylic acids is 2. The van der Waals surface area contributed by atoms with Crippen LogP contribution in [0.5, 0.6) is 0 Å². The summed E-state index contributed by atoms with van der Waals surface area (Å²) in [5, 5.41) is 21.8. The minimum atomic E-state index is -1.27. The van der Waals surface area contributed by atoms with E-state index in [4.69, 9.17) is 19.6 Å². The SMILES string of the molecule is CC1C(=O)C(C)(C)[C@@H](O)CC(=O)O[C@H](c2ccc3oc(CN)nc3c2)C[C@@H]2O[C@]2(C)CCC[C@H](C)[C@@H]1O. The number of fused-ring (bicyclic) bond motifs is 2. The fourth-order valence-electron chi connectivity index (χ4n) is 5.50. The van der Waals surface area contributed by atoms with E-state index in [0.717, 1.165) is 24.8 Å². The van der Waals surface area contributed by atoms with Gasteiger partial charge in [-0.3, -0.25) is 9.59 Å². The molecular weight excluding hydrogens is 476 g/mol. The highest BCUT2D eigenvalue weighted by Gasteiger charge is 2.53. The van der Waals surface area contributed by atoms with E-state index < -0.39 is 35.6 Å². The molecule has 37 heavy (non-hydrogen) atoms. The molecule has 9 nitrogen and oxygen atoms in total. The van der Waals surface area contributed by atoms with Gasteiger partial charge in [0, 0.05) is 12.3 Å². The van der Waals surface area contributed by atoms with E-state index >= 15 is 0 Å². The summed E-state index contributed by atoms with van der Waals surface area (Å²) in [7, 11) is 0. The summed E-state index contributed by atoms with van der Waals surface area (Å²) in [6, 6.07) is 5.43. The van der Waals surface area contributed by atoms with Crippen molar-refractivity contribution in [1.82, 2.24) is 4.98 Å². The minimum Gasteiger partial charge on any atom is -0.457 e. The molecule has 1 aromatic heterocycles. The first-order chi connectivity index (χ1) is 17.4. The molecule has 2 fully saturated rings. The Morgan fingerprint density at radius 1 is 1.16 bits per heavy atom. The summed E-state index contributed by atoms with van der Waals surface area (Å²) in [4.78, 5) is 30.7. The van der Waals surface area contributed by atoms with Crippen molar-refractivity contribution in [2.75, 3.05) is 0 Å². The Morgan fingerprint density at radius 2 is 1.89 bits per heavy atom. The van der Waals surface area contributed by atoms with Crippen molar-refractivity contribution in [3.63, 3.8) is 0 Å². The Morgan fingerprint density at radius 3 is 2.59 bits per heavy atom. The molecule has 204 valence electrons. The fraction of sp³-hybridized carbons (Fsp3) is 0.679. The highest BCUT2D eigenvalue weighted by molar-refractivity contribution is 5.88. The third-order valence-electron chi connectivity index (χ3n) is 8.41. The summed E-state index contributed by atoms with van der Waals surface area (Å²) in [5.41, 5.74) is 6.03. The first-order valence-corrected chi connectivity index (χ1v) is 13.2. The Bertz CT molecular complexity index is 1140. The number of benzene rings is 1. The average Bonchev–Trinajstić information content (AvgIpc) is 3.29. The van der Waals surface area contributed by atoms with Gasteiger partial charge in [-0.25, -0.2) is 4.98 Å². The lowest BCUT2D eigenvalue weighted by Crippen LogP contribution is -2.45. The van der Waals surface area contributed by atoms with Crippen LogP contribution in [0.2, 0.25) is 0 Å². The van der Waals surface area contributed by atoms with E-state index in [1.807, 2.05) is 26.0 Å². The molecule has 1 unspecified atom stereocenters. The number of cyclic esters (lactones) is 1. The number of carbonyl (C=O) groups is 2. The molecule has 0 amide bonds. The summed E-state index contributed by atoms with van der Waals surface area (Å²) in [5.74, 6) is -1.24. The van der Waals surface area contributed by atoms with Gasteiger partial charge in [-0.15, -0.1) is 0 Å². The van der Waals surface area contributed by atoms with Gasteiger partial charge in [-0.2, -0.15) is 0 Å². The average molecular weight is 517 g/mol. The summed E-state index contributed by atoms with van der Waals surface area (Å²) < 4.78 is 17.6. The van der Waals surface area contributed by atoms with Crippen LogP contribution < -0.4 is 5.73 Å². The van der Waals surface area contributed by atoms with Gasteiger partial charge in [-0.1, -0.05) is 40.2 Å². The lowest BCUT2D eigenvalue weighted by atomic mass is 9.73. The molecule has 0 spiro atoms. The Hall–Kier alpha value is -2.33. The topological polar surface area (TPSA) is 148 Å². The van der Waals surface area contributed by atoms with E-state index in [1.54, 1.807) is 26.8 Å². The number of hydrogen-bond acceptors (Lipinski definition) is 9. The summed E-state index contributed by atoms with van der Waals surface area (Å²) in [6.45, 7) is 9.08. The van der Waals surface area contributed by atoms with Crippen molar-refractivity contribution in [1.29, 1.82) is 0 Å². The molecule has 2 aliphatic rings. The monoisotopic (exact) mass is 516 g/mol. The number of nitrogens with two attached hydrogens (primary N) is 1. The fourth-order valence-corrected chi connectivity index (χ4v) is 5.50. The first kappa shape index (κ1) is 27.7. The quantitative estimate of drug-likeness (QED) is 0.402. The van der Waals surface area contributed by atoms with E-state index in [1.165, 1.54) is 0 Å². The molecule has 1 aromatic carbocycles. The second kappa shape index (κ2) is 10.4. The molecule has 4 rings (SSSR count). The number of rotatable bonds is 2. The van der Waals surface area contributed by atoms with Crippen molar-refractivity contribution < 1.29 is 33.7 Å². The van der Waals surface area contributed by atoms with Gasteiger partial charge in [0.2, 0.25) is 5.89 Å². The van der Waals surface area contributed by atoms with Gasteiger partial charge in [0.1, 0.15) is 17.4 Å². The molecule has 0 radical (unpaired) electrons. The zero-order valence-corrected chi connectivity index (χ0v) is 22.4. The van der Waals surface area contributed by atoms with Gasteiger partial charge in [-0.05, 0) is 43.4 Å². The van der Waals surface area contributed by atoms with Crippen LogP contribution in [0.15, 0.2) is 22.6 Å². The molecule has 3 heterocycles. The largest absolute Gasteiger partial charge is 0.457 e. The number of nitrogens with zero attached hydrogens (tertiary/aromatic N) is 1. The van der Waals surface area contributed by atoms with E-state index in [9.17, 15) is 19.8 Å². The highest BCUT2D eigenvalue weighted by atomic mass is 16.6. The minimum absolute atomic E-state index is 0.0917. The maximum absolute atomic E-state index is 13.3. The van der Waals surface area contributed by atoms with Gasteiger partial charge < -0.3 is 29.8 Å². The number of esters is 1. The van der Waals surface area contributed by atoms with E-state index in [0.29, 0.717) is 23.4 Å². The smallest absolute Gasteiger partial charge is 0.309 e. The number of aliphatic hydroxyl groups excluding tert-OH is 2. The number of aliphatic hydroxyl groups is 2. The van der Waals surface area contributed by atoms with E-state index in [2.05, 4.69) is 4.98 Å². The molecule has 2 aromatic rings. The highest BCUT2D eigenvalue weighted by Crippen LogP contribution is 2.46. The van der Waals surface area contributed by atoms with Gasteiger partial charge in [0.05, 0.1) is 42.3 Å². The number of Topliss-reactive ketones (excluding diaryl/α,β-unsaturated/α-hetero) is 1. The summed E-state index contributed by atoms with van der Waals surface area (Å²) in [6.07, 6.45) is -0.356. The molecular formula is C28H40N2O7. The van der Waals surface area contributed by atoms with Crippen molar-refractivity contribution in [3.05, 3.63) is 29.7 Å². The summed E-state index contributed by atoms with van der Waals surface area (Å²) >= 11 is 0. The normalized spacial score (nSPS) is 35.7. The van der Waals surface area contributed by atoms with Crippen LogP contribution in [-0.2, 0) is 25.6 Å². The van der Waals surface area contributed by atoms with Crippen LogP contribution >= 0.6 is 0 Å². The van der Waals surface area contributed by atoms with Crippen LogP contribution in [0.25, 0.3) is 11.1 Å². The van der Waals surface area contributed by atoms with Crippen molar-refractivity contribution >= 4 is 22.9 Å². The molecule has 4 N–H and O–H groups in total. The van der Waals surface area contributed by atoms with Gasteiger partial charge >= 0.3 is 5.97 Å². The maximum atomic E-state index is 13.3. The number of epoxide rings is 1. The second-order valence-electron chi connectivity index (χ2n) is 11.6. The number of aromatic nitrogens is 1. The second-order valence-corrected chi connectivity index (χ2v) is 11.6. The number of ketones is 1. The lowest BCUT2D eigenvalue weighted by Gasteiger charge is -2.34. The van der Waals surface area contributed by atoms with Crippen LogP contribution in [-0.4, -0.2) is 50.9 Å². The molecule has 9 heteroatoms. The first-order valence-electron chi connectivity index (χ1n) is 13.2. The zero-order chi connectivity index (χ0) is 27.1. The van der Waals surface area contributed by atoms with Crippen LogP contribution in [0, 0.1) is 17.3 Å². The van der Waals surface area contributed by atoms with E-state index in [-0.39, 0.29) is 36.4 Å². The third-order valence-corrected chi connectivity index (χ3v) is 8.41. The molecule has 0 bridgehead atoms. The van der Waals surface area contributed by atoms with Crippen LogP contribution in [0.3, 0.4) is 0 Å². The molecule has 2 saturated heterocycles. The Kier molecular flexibility index (Phi) is 7.82. The third kappa shape index (κ3) is 5.74. The number of ether oxygens (including phenoxy) is 2. The zero-order valence-electron chi connectivity index (χ0n) is 22.4. The van der Waals surface area contributed by atoms with Crippen LogP contribution in [0.4, 0.5) is 0 Å².